The molecule has 0 atom stereocenters. The fourth-order valence-electron chi connectivity index (χ4n) is 3.39. The van der Waals surface area contributed by atoms with Gasteiger partial charge in [-0.25, -0.2) is 0 Å². The lowest BCUT2D eigenvalue weighted by atomic mass is 9.72. The third kappa shape index (κ3) is 2.70. The van der Waals surface area contributed by atoms with Crippen LogP contribution >= 0.6 is 0 Å². The van der Waals surface area contributed by atoms with Crippen molar-refractivity contribution in [2.24, 2.45) is 0 Å². The summed E-state index contributed by atoms with van der Waals surface area (Å²) in [5.41, 5.74) is 1.08. The molecule has 2 heterocycles. The van der Waals surface area contributed by atoms with Gasteiger partial charge in [-0.2, -0.15) is 0 Å². The highest BCUT2D eigenvalue weighted by atomic mass is 16.5. The van der Waals surface area contributed by atoms with E-state index < -0.39 is 5.41 Å². The van der Waals surface area contributed by atoms with Crippen LogP contribution in [-0.4, -0.2) is 37.0 Å². The summed E-state index contributed by atoms with van der Waals surface area (Å²) in [6.45, 7) is 2.83. The van der Waals surface area contributed by atoms with Gasteiger partial charge in [0, 0.05) is 18.7 Å². The second-order valence-corrected chi connectivity index (χ2v) is 6.16. The Morgan fingerprint density at radius 1 is 1.12 bits per heavy atom. The maximum atomic E-state index is 12.6. The van der Waals surface area contributed by atoms with E-state index >= 15 is 0 Å². The van der Waals surface area contributed by atoms with Crippen LogP contribution in [0.3, 0.4) is 0 Å². The number of ether oxygens (including phenoxy) is 1. The molecule has 5 heteroatoms. The average molecular weight is 327 g/mol. The van der Waals surface area contributed by atoms with Gasteiger partial charge >= 0.3 is 5.97 Å². The molecule has 0 spiro atoms. The molecule has 1 aliphatic rings. The van der Waals surface area contributed by atoms with Gasteiger partial charge in [0.1, 0.15) is 0 Å². The van der Waals surface area contributed by atoms with Crippen molar-refractivity contribution in [1.82, 2.24) is 4.90 Å². The van der Waals surface area contributed by atoms with E-state index in [2.05, 4.69) is 0 Å². The number of benzene rings is 1. The number of furan rings is 1. The molecule has 5 nitrogen and oxygen atoms in total. The van der Waals surface area contributed by atoms with Crippen molar-refractivity contribution in [3.63, 3.8) is 0 Å². The number of nitrogens with zero attached hydrogens (tertiary/aromatic N) is 1. The number of methoxy groups -OCH3 is 1. The van der Waals surface area contributed by atoms with Crippen molar-refractivity contribution in [2.45, 2.75) is 25.2 Å². The molecule has 1 amide bonds. The van der Waals surface area contributed by atoms with Crippen LogP contribution in [0.5, 0.6) is 0 Å². The number of esters is 1. The number of amides is 1. The lowest BCUT2D eigenvalue weighted by Crippen LogP contribution is -2.49. The van der Waals surface area contributed by atoms with E-state index in [9.17, 15) is 9.59 Å². The van der Waals surface area contributed by atoms with E-state index in [0.29, 0.717) is 31.7 Å². The Hall–Kier alpha value is -2.56. The summed E-state index contributed by atoms with van der Waals surface area (Å²) >= 11 is 0. The third-order valence-corrected chi connectivity index (χ3v) is 4.86. The minimum absolute atomic E-state index is 0.121. The maximum absolute atomic E-state index is 12.6. The summed E-state index contributed by atoms with van der Waals surface area (Å²) in [5, 5.41) is 0. The first kappa shape index (κ1) is 16.3. The third-order valence-electron chi connectivity index (χ3n) is 4.86. The van der Waals surface area contributed by atoms with Gasteiger partial charge in [0.15, 0.2) is 5.76 Å². The maximum Gasteiger partial charge on any atom is 0.316 e. The second-order valence-electron chi connectivity index (χ2n) is 6.16. The summed E-state index contributed by atoms with van der Waals surface area (Å²) in [6.07, 6.45) is 2.60. The number of piperidine rings is 1. The first-order valence-corrected chi connectivity index (χ1v) is 8.06. The zero-order valence-electron chi connectivity index (χ0n) is 14.0. The minimum atomic E-state index is -0.689. The summed E-state index contributed by atoms with van der Waals surface area (Å²) < 4.78 is 10.4. The lowest BCUT2D eigenvalue weighted by Gasteiger charge is -2.39. The van der Waals surface area contributed by atoms with Crippen LogP contribution < -0.4 is 0 Å². The molecule has 0 radical (unpaired) electrons. The van der Waals surface area contributed by atoms with E-state index in [1.54, 1.807) is 11.0 Å². The summed E-state index contributed by atoms with van der Waals surface area (Å²) in [6, 6.07) is 11.4. The van der Waals surface area contributed by atoms with Gasteiger partial charge in [0.2, 0.25) is 0 Å². The molecule has 0 aliphatic carbocycles. The van der Waals surface area contributed by atoms with E-state index in [4.69, 9.17) is 9.15 Å². The van der Waals surface area contributed by atoms with Crippen LogP contribution in [0.4, 0.5) is 0 Å². The van der Waals surface area contributed by atoms with Gasteiger partial charge in [0.25, 0.3) is 5.91 Å². The van der Waals surface area contributed by atoms with E-state index in [1.165, 1.54) is 13.4 Å². The number of hydrogen-bond acceptors (Lipinski definition) is 4. The predicted octanol–water partition coefficient (Wildman–Crippen LogP) is 2.94. The molecule has 2 aromatic rings. The van der Waals surface area contributed by atoms with E-state index in [1.807, 2.05) is 37.3 Å². The first-order valence-electron chi connectivity index (χ1n) is 8.06. The predicted molar refractivity (Wildman–Crippen MR) is 88.7 cm³/mol. The van der Waals surface area contributed by atoms with Crippen molar-refractivity contribution in [2.75, 3.05) is 20.2 Å². The second kappa shape index (κ2) is 6.51. The smallest absolute Gasteiger partial charge is 0.316 e. The lowest BCUT2D eigenvalue weighted by molar-refractivity contribution is -0.149. The Balaban J connectivity index is 1.82. The van der Waals surface area contributed by atoms with Crippen molar-refractivity contribution >= 4 is 11.9 Å². The number of hydrogen-bond donors (Lipinski definition) is 0. The fourth-order valence-corrected chi connectivity index (χ4v) is 3.39. The molecule has 3 rings (SSSR count). The van der Waals surface area contributed by atoms with Crippen LogP contribution in [-0.2, 0) is 14.9 Å². The number of carbonyl (C=O) groups is 2. The zero-order valence-corrected chi connectivity index (χ0v) is 14.0. The Kier molecular flexibility index (Phi) is 4.42. The fraction of sp³-hybridized carbons (Fsp3) is 0.368. The molecule has 1 aromatic carbocycles. The average Bonchev–Trinajstić information content (AvgIpc) is 3.07. The van der Waals surface area contributed by atoms with Crippen molar-refractivity contribution < 1.29 is 18.7 Å². The van der Waals surface area contributed by atoms with Gasteiger partial charge in [-0.3, -0.25) is 9.59 Å². The molecule has 0 unspecified atom stereocenters. The van der Waals surface area contributed by atoms with Gasteiger partial charge in [0.05, 0.1) is 18.8 Å². The normalized spacial score (nSPS) is 16.7. The molecule has 0 bridgehead atoms. The molecule has 1 fully saturated rings. The summed E-state index contributed by atoms with van der Waals surface area (Å²) in [4.78, 5) is 26.8. The number of aryl methyl sites for hydroxylation is 1. The van der Waals surface area contributed by atoms with Gasteiger partial charge in [-0.05, 0) is 31.4 Å². The first-order chi connectivity index (χ1) is 11.6. The molecular formula is C19H21NO4. The standard InChI is InChI=1S/C19H21NO4/c1-14-8-13-24-16(14)17(21)20-11-9-19(10-12-20,18(22)23-2)15-6-4-3-5-7-15/h3-8,13H,9-12H2,1-2H3. The van der Waals surface area contributed by atoms with Gasteiger partial charge < -0.3 is 14.1 Å². The number of rotatable bonds is 3. The van der Waals surface area contributed by atoms with Crippen molar-refractivity contribution in [1.29, 1.82) is 0 Å². The minimum Gasteiger partial charge on any atom is -0.468 e. The molecular weight excluding hydrogens is 306 g/mol. The Morgan fingerprint density at radius 3 is 2.33 bits per heavy atom. The Bertz CT molecular complexity index is 727. The summed E-state index contributed by atoms with van der Waals surface area (Å²) in [7, 11) is 1.41. The molecule has 1 aliphatic heterocycles. The Labute approximate surface area is 141 Å². The van der Waals surface area contributed by atoms with Gasteiger partial charge in [-0.15, -0.1) is 0 Å². The SMILES string of the molecule is COC(=O)C1(c2ccccc2)CCN(C(=O)c2occc2C)CC1. The number of likely N-dealkylation sites (tertiary alicyclic amines) is 1. The van der Waals surface area contributed by atoms with E-state index in [0.717, 1.165) is 11.1 Å². The largest absolute Gasteiger partial charge is 0.468 e. The van der Waals surface area contributed by atoms with Crippen molar-refractivity contribution in [3.05, 3.63) is 59.5 Å². The zero-order chi connectivity index (χ0) is 17.2. The molecule has 0 saturated carbocycles. The van der Waals surface area contributed by atoms with Gasteiger partial charge in [-0.1, -0.05) is 30.3 Å². The quantitative estimate of drug-likeness (QED) is 0.813. The Morgan fingerprint density at radius 2 is 1.79 bits per heavy atom. The van der Waals surface area contributed by atoms with Crippen molar-refractivity contribution in [3.8, 4) is 0 Å². The van der Waals surface area contributed by atoms with E-state index in [-0.39, 0.29) is 11.9 Å². The highest BCUT2D eigenvalue weighted by Gasteiger charge is 2.45. The highest BCUT2D eigenvalue weighted by Crippen LogP contribution is 2.37. The van der Waals surface area contributed by atoms with Crippen LogP contribution in [0.15, 0.2) is 47.1 Å². The van der Waals surface area contributed by atoms with Crippen LogP contribution in [0.1, 0.15) is 34.5 Å². The molecule has 0 N–H and O–H groups in total. The summed E-state index contributed by atoms with van der Waals surface area (Å²) in [5.74, 6) is 0.0132. The highest BCUT2D eigenvalue weighted by molar-refractivity contribution is 5.93. The monoisotopic (exact) mass is 327 g/mol. The van der Waals surface area contributed by atoms with Crippen LogP contribution in [0.25, 0.3) is 0 Å². The van der Waals surface area contributed by atoms with Crippen LogP contribution in [0.2, 0.25) is 0 Å². The molecule has 126 valence electrons. The topological polar surface area (TPSA) is 59.8 Å². The molecule has 1 aromatic heterocycles. The number of carbonyl (C=O) groups excluding carboxylic acids is 2. The molecule has 24 heavy (non-hydrogen) atoms. The van der Waals surface area contributed by atoms with Crippen LogP contribution in [0, 0.1) is 6.92 Å². The molecule has 1 saturated heterocycles.